The smallest absolute Gasteiger partial charge is 0.165 e. The number of allylic oxidation sites excluding steroid dienone is 3. The minimum Gasteiger partial charge on any atom is -0.493 e. The summed E-state index contributed by atoms with van der Waals surface area (Å²) in [5.74, 6) is 1.67. The maximum Gasteiger partial charge on any atom is 0.165 e. The van der Waals surface area contributed by atoms with Crippen LogP contribution in [-0.4, -0.2) is 39.0 Å². The third-order valence-electron chi connectivity index (χ3n) is 2.40. The fraction of sp³-hybridized carbons (Fsp3) is 0.615. The van der Waals surface area contributed by atoms with Crippen LogP contribution in [0.25, 0.3) is 0 Å². The van der Waals surface area contributed by atoms with Crippen LogP contribution in [0, 0.1) is 0 Å². The van der Waals surface area contributed by atoms with Crippen LogP contribution in [0.15, 0.2) is 28.0 Å². The van der Waals surface area contributed by atoms with E-state index >= 15 is 0 Å². The largest absolute Gasteiger partial charge is 0.493 e. The molecule has 0 rings (SSSR count). The summed E-state index contributed by atoms with van der Waals surface area (Å²) in [4.78, 5) is 6.18. The molecule has 92 valence electrons. The van der Waals surface area contributed by atoms with E-state index in [1.807, 2.05) is 19.0 Å². The van der Waals surface area contributed by atoms with Gasteiger partial charge in [0, 0.05) is 21.1 Å². The molecule has 0 radical (unpaired) electrons. The van der Waals surface area contributed by atoms with Crippen molar-refractivity contribution >= 4 is 5.84 Å². The van der Waals surface area contributed by atoms with E-state index in [1.165, 1.54) is 11.1 Å². The zero-order chi connectivity index (χ0) is 12.7. The quantitative estimate of drug-likeness (QED) is 0.317. The van der Waals surface area contributed by atoms with E-state index in [0.717, 1.165) is 18.0 Å². The molecule has 0 saturated heterocycles. The molecule has 0 aromatic heterocycles. The molecule has 16 heavy (non-hydrogen) atoms. The number of rotatable bonds is 4. The van der Waals surface area contributed by atoms with E-state index < -0.39 is 0 Å². The standard InChI is InChI=1S/C13H24N2O/c1-8-11(10(2)3)9-12(16-7)13(14-4)15(5)6/h9H,8H2,1-7H3/b12-9+,14-13?. The molecule has 0 aliphatic carbocycles. The van der Waals surface area contributed by atoms with E-state index in [0.29, 0.717) is 0 Å². The molecule has 0 N–H and O–H groups in total. The first-order valence-corrected chi connectivity index (χ1v) is 5.54. The van der Waals surface area contributed by atoms with Crippen molar-refractivity contribution in [3.8, 4) is 0 Å². The third-order valence-corrected chi connectivity index (χ3v) is 2.40. The Hall–Kier alpha value is -1.25. The van der Waals surface area contributed by atoms with Gasteiger partial charge in [-0.1, -0.05) is 12.5 Å². The molecule has 0 aliphatic rings. The molecule has 0 aromatic carbocycles. The zero-order valence-electron chi connectivity index (χ0n) is 11.6. The highest BCUT2D eigenvalue weighted by Gasteiger charge is 2.09. The maximum atomic E-state index is 5.40. The first-order valence-electron chi connectivity index (χ1n) is 5.54. The van der Waals surface area contributed by atoms with Gasteiger partial charge in [0.1, 0.15) is 0 Å². The van der Waals surface area contributed by atoms with Gasteiger partial charge in [0.25, 0.3) is 0 Å². The van der Waals surface area contributed by atoms with E-state index in [2.05, 4.69) is 31.8 Å². The highest BCUT2D eigenvalue weighted by molar-refractivity contribution is 5.96. The third kappa shape index (κ3) is 4.09. The van der Waals surface area contributed by atoms with E-state index in [4.69, 9.17) is 4.74 Å². The van der Waals surface area contributed by atoms with Crippen LogP contribution in [0.1, 0.15) is 27.2 Å². The van der Waals surface area contributed by atoms with E-state index in [1.54, 1.807) is 14.2 Å². The van der Waals surface area contributed by atoms with Gasteiger partial charge in [-0.3, -0.25) is 4.99 Å². The molecule has 3 heteroatoms. The van der Waals surface area contributed by atoms with E-state index in [-0.39, 0.29) is 0 Å². The van der Waals surface area contributed by atoms with Crippen molar-refractivity contribution in [3.63, 3.8) is 0 Å². The van der Waals surface area contributed by atoms with Gasteiger partial charge in [0.2, 0.25) is 0 Å². The number of ether oxygens (including phenoxy) is 1. The van der Waals surface area contributed by atoms with Crippen LogP contribution < -0.4 is 0 Å². The van der Waals surface area contributed by atoms with Crippen molar-refractivity contribution < 1.29 is 4.74 Å². The van der Waals surface area contributed by atoms with Crippen molar-refractivity contribution in [2.45, 2.75) is 27.2 Å². The lowest BCUT2D eigenvalue weighted by Crippen LogP contribution is -2.24. The summed E-state index contributed by atoms with van der Waals surface area (Å²) in [5.41, 5.74) is 2.60. The molecule has 0 fully saturated rings. The van der Waals surface area contributed by atoms with Crippen LogP contribution in [-0.2, 0) is 4.74 Å². The van der Waals surface area contributed by atoms with Gasteiger partial charge in [0.15, 0.2) is 11.6 Å². The van der Waals surface area contributed by atoms with Crippen LogP contribution >= 0.6 is 0 Å². The Morgan fingerprint density at radius 3 is 2.12 bits per heavy atom. The molecular formula is C13H24N2O. The summed E-state index contributed by atoms with van der Waals surface area (Å²) in [6.45, 7) is 6.37. The molecule has 0 bridgehead atoms. The van der Waals surface area contributed by atoms with Crippen LogP contribution in [0.2, 0.25) is 0 Å². The highest BCUT2D eigenvalue weighted by Crippen LogP contribution is 2.14. The minimum absolute atomic E-state index is 0.811. The second-order valence-corrected chi connectivity index (χ2v) is 4.03. The fourth-order valence-electron chi connectivity index (χ4n) is 1.50. The summed E-state index contributed by atoms with van der Waals surface area (Å²) in [6, 6.07) is 0. The zero-order valence-corrected chi connectivity index (χ0v) is 11.6. The lowest BCUT2D eigenvalue weighted by molar-refractivity contribution is 0.306. The second kappa shape index (κ2) is 7.09. The van der Waals surface area contributed by atoms with Gasteiger partial charge in [-0.2, -0.15) is 0 Å². The number of amidine groups is 1. The lowest BCUT2D eigenvalue weighted by Gasteiger charge is -2.17. The van der Waals surface area contributed by atoms with Gasteiger partial charge in [-0.25, -0.2) is 0 Å². The normalized spacial score (nSPS) is 12.4. The molecule has 0 heterocycles. The summed E-state index contributed by atoms with van der Waals surface area (Å²) < 4.78 is 5.40. The van der Waals surface area contributed by atoms with E-state index in [9.17, 15) is 0 Å². The first-order chi connectivity index (χ1) is 7.47. The molecule has 3 nitrogen and oxygen atoms in total. The summed E-state index contributed by atoms with van der Waals surface area (Å²) in [6.07, 6.45) is 3.07. The monoisotopic (exact) mass is 224 g/mol. The van der Waals surface area contributed by atoms with Gasteiger partial charge < -0.3 is 9.64 Å². The van der Waals surface area contributed by atoms with Crippen molar-refractivity contribution in [2.24, 2.45) is 4.99 Å². The Morgan fingerprint density at radius 1 is 1.31 bits per heavy atom. The molecule has 0 aliphatic heterocycles. The Morgan fingerprint density at radius 2 is 1.88 bits per heavy atom. The second-order valence-electron chi connectivity index (χ2n) is 4.03. The molecule has 0 aromatic rings. The Labute approximate surface area is 99.5 Å². The van der Waals surface area contributed by atoms with Crippen molar-refractivity contribution in [1.82, 2.24) is 4.90 Å². The average molecular weight is 224 g/mol. The Kier molecular flexibility index (Phi) is 6.54. The fourth-order valence-corrected chi connectivity index (χ4v) is 1.50. The number of likely N-dealkylation sites (N-methyl/N-ethyl adjacent to an activating group) is 1. The molecule has 0 unspecified atom stereocenters. The number of methoxy groups -OCH3 is 1. The average Bonchev–Trinajstić information content (AvgIpc) is 2.22. The molecule has 0 spiro atoms. The van der Waals surface area contributed by atoms with Crippen molar-refractivity contribution in [3.05, 3.63) is 23.0 Å². The lowest BCUT2D eigenvalue weighted by atomic mass is 10.1. The maximum absolute atomic E-state index is 5.40. The van der Waals surface area contributed by atoms with Gasteiger partial charge in [-0.05, 0) is 31.9 Å². The molecular weight excluding hydrogens is 200 g/mol. The number of hydrogen-bond donors (Lipinski definition) is 0. The summed E-state index contributed by atoms with van der Waals surface area (Å²) in [7, 11) is 7.38. The highest BCUT2D eigenvalue weighted by atomic mass is 16.5. The van der Waals surface area contributed by atoms with Crippen molar-refractivity contribution in [1.29, 1.82) is 0 Å². The number of nitrogens with zero attached hydrogens (tertiary/aromatic N) is 2. The molecule has 0 amide bonds. The van der Waals surface area contributed by atoms with Crippen LogP contribution in [0.4, 0.5) is 0 Å². The van der Waals surface area contributed by atoms with Crippen LogP contribution in [0.5, 0.6) is 0 Å². The van der Waals surface area contributed by atoms with Gasteiger partial charge >= 0.3 is 0 Å². The summed E-state index contributed by atoms with van der Waals surface area (Å²) >= 11 is 0. The molecule has 0 atom stereocenters. The van der Waals surface area contributed by atoms with Crippen LogP contribution in [0.3, 0.4) is 0 Å². The minimum atomic E-state index is 0.811. The SMILES string of the molecule is CCC(/C=C(/OC)C(=NC)N(C)C)=C(C)C. The van der Waals surface area contributed by atoms with Gasteiger partial charge in [0.05, 0.1) is 7.11 Å². The Balaban J connectivity index is 5.29. The molecule has 0 saturated carbocycles. The predicted octanol–water partition coefficient (Wildman–Crippen LogP) is 2.85. The van der Waals surface area contributed by atoms with Gasteiger partial charge in [-0.15, -0.1) is 0 Å². The number of aliphatic imine (C=N–C) groups is 1. The predicted molar refractivity (Wildman–Crippen MR) is 70.8 cm³/mol. The number of hydrogen-bond acceptors (Lipinski definition) is 2. The summed E-state index contributed by atoms with van der Waals surface area (Å²) in [5, 5.41) is 0. The van der Waals surface area contributed by atoms with Crippen molar-refractivity contribution in [2.75, 3.05) is 28.3 Å². The first kappa shape index (κ1) is 14.8. The topological polar surface area (TPSA) is 24.8 Å². The Bertz CT molecular complexity index is 308.